The van der Waals surface area contributed by atoms with Crippen LogP contribution in [-0.2, 0) is 11.3 Å². The molecule has 4 rings (SSSR count). The van der Waals surface area contributed by atoms with E-state index in [1.165, 1.54) is 12.1 Å². The molecule has 8 nitrogen and oxygen atoms in total. The quantitative estimate of drug-likeness (QED) is 0.271. The molecule has 2 heterocycles. The van der Waals surface area contributed by atoms with Crippen LogP contribution in [0.2, 0.25) is 10.0 Å². The molecule has 0 aliphatic carbocycles. The Labute approximate surface area is 237 Å². The van der Waals surface area contributed by atoms with Crippen molar-refractivity contribution >= 4 is 52.1 Å². The number of ketones is 1. The van der Waals surface area contributed by atoms with E-state index in [-0.39, 0.29) is 16.9 Å². The lowest BCUT2D eigenvalue weighted by atomic mass is 10.1. The van der Waals surface area contributed by atoms with Crippen LogP contribution >= 0.6 is 23.2 Å². The maximum Gasteiger partial charge on any atom is 0.410 e. The van der Waals surface area contributed by atoms with Gasteiger partial charge in [-0.1, -0.05) is 29.3 Å². The molecule has 2 aromatic carbocycles. The summed E-state index contributed by atoms with van der Waals surface area (Å²) < 4.78 is 21.3. The molecule has 0 saturated carbocycles. The number of ether oxygens (including phenoxy) is 1. The van der Waals surface area contributed by atoms with E-state index in [2.05, 4.69) is 4.90 Å². The topological polar surface area (TPSA) is 70.9 Å². The molecule has 1 amide bonds. The van der Waals surface area contributed by atoms with Crippen molar-refractivity contribution in [3.8, 4) is 0 Å². The molecule has 0 bridgehead atoms. The molecule has 0 radical (unpaired) electrons. The molecule has 0 N–H and O–H groups in total. The third kappa shape index (κ3) is 6.83. The summed E-state index contributed by atoms with van der Waals surface area (Å²) in [5, 5.41) is 0.413. The van der Waals surface area contributed by atoms with Crippen LogP contribution in [0.5, 0.6) is 0 Å². The maximum absolute atomic E-state index is 13.9. The van der Waals surface area contributed by atoms with Crippen molar-refractivity contribution in [1.82, 2.24) is 19.4 Å². The molecule has 0 unspecified atom stereocenters. The van der Waals surface area contributed by atoms with E-state index in [1.807, 2.05) is 39.4 Å². The Bertz CT molecular complexity index is 1420. The van der Waals surface area contributed by atoms with E-state index in [4.69, 9.17) is 32.9 Å². The molecule has 3 aromatic rings. The Balaban J connectivity index is 1.74. The second-order valence-corrected chi connectivity index (χ2v) is 11.5. The second-order valence-electron chi connectivity index (χ2n) is 10.7. The van der Waals surface area contributed by atoms with Crippen LogP contribution in [0.25, 0.3) is 11.0 Å². The summed E-state index contributed by atoms with van der Waals surface area (Å²) in [6.07, 6.45) is 2.79. The third-order valence-corrected chi connectivity index (χ3v) is 6.63. The predicted octanol–water partition coefficient (Wildman–Crippen LogP) is 5.85. The molecule has 1 aliphatic heterocycles. The number of fused-ring (bicyclic) bond motifs is 1. The van der Waals surface area contributed by atoms with Gasteiger partial charge in [0.25, 0.3) is 0 Å². The second kappa shape index (κ2) is 11.4. The summed E-state index contributed by atoms with van der Waals surface area (Å²) in [6.45, 7) is 7.72. The van der Waals surface area contributed by atoms with Crippen molar-refractivity contribution in [2.24, 2.45) is 0 Å². The number of carbonyl (C=O) groups is 2. The smallest absolute Gasteiger partial charge is 0.410 e. The fourth-order valence-electron chi connectivity index (χ4n) is 4.30. The van der Waals surface area contributed by atoms with Crippen molar-refractivity contribution in [3.63, 3.8) is 0 Å². The highest BCUT2D eigenvalue weighted by atomic mass is 35.5. The van der Waals surface area contributed by atoms with Crippen LogP contribution in [0.3, 0.4) is 0 Å². The van der Waals surface area contributed by atoms with Crippen LogP contribution in [0, 0.1) is 5.82 Å². The zero-order chi connectivity index (χ0) is 28.5. The van der Waals surface area contributed by atoms with Gasteiger partial charge in [-0.05, 0) is 50.6 Å². The third-order valence-electron chi connectivity index (χ3n) is 6.13. The number of allylic oxidation sites excluding steroid dienone is 1. The molecule has 1 saturated heterocycles. The van der Waals surface area contributed by atoms with Crippen LogP contribution in [0.1, 0.15) is 36.7 Å². The molecule has 208 valence electrons. The fourth-order valence-corrected chi connectivity index (χ4v) is 4.72. The van der Waals surface area contributed by atoms with Gasteiger partial charge in [0.05, 0.1) is 22.6 Å². The largest absolute Gasteiger partial charge is 0.444 e. The van der Waals surface area contributed by atoms with E-state index in [9.17, 15) is 14.0 Å². The number of benzene rings is 2. The number of halogens is 3. The Kier molecular flexibility index (Phi) is 8.42. The van der Waals surface area contributed by atoms with Gasteiger partial charge in [0.15, 0.2) is 5.78 Å². The molecule has 1 aliphatic rings. The minimum Gasteiger partial charge on any atom is -0.444 e. The highest BCUT2D eigenvalue weighted by Gasteiger charge is 2.29. The molecular weight excluding hydrogens is 544 g/mol. The minimum absolute atomic E-state index is 0.0205. The molecule has 1 aromatic heterocycles. The average Bonchev–Trinajstić information content (AvgIpc) is 3.21. The van der Waals surface area contributed by atoms with Gasteiger partial charge in [-0.2, -0.15) is 0 Å². The summed E-state index contributed by atoms with van der Waals surface area (Å²) in [6, 6.07) is 7.94. The first-order valence-electron chi connectivity index (χ1n) is 12.6. The Morgan fingerprint density at radius 3 is 2.41 bits per heavy atom. The number of anilines is 1. The summed E-state index contributed by atoms with van der Waals surface area (Å²) >= 11 is 12.6. The first-order valence-corrected chi connectivity index (χ1v) is 13.3. The van der Waals surface area contributed by atoms with Gasteiger partial charge >= 0.3 is 6.09 Å². The van der Waals surface area contributed by atoms with Gasteiger partial charge < -0.3 is 24.0 Å². The van der Waals surface area contributed by atoms with Crippen molar-refractivity contribution in [3.05, 3.63) is 69.6 Å². The van der Waals surface area contributed by atoms with Crippen molar-refractivity contribution in [2.45, 2.75) is 32.9 Å². The Morgan fingerprint density at radius 2 is 1.79 bits per heavy atom. The molecule has 0 spiro atoms. The summed E-state index contributed by atoms with van der Waals surface area (Å²) in [5.41, 5.74) is 1.72. The van der Waals surface area contributed by atoms with E-state index in [0.717, 1.165) is 5.56 Å². The van der Waals surface area contributed by atoms with E-state index in [0.29, 0.717) is 60.3 Å². The van der Waals surface area contributed by atoms with Crippen molar-refractivity contribution in [2.75, 3.05) is 45.2 Å². The highest BCUT2D eigenvalue weighted by molar-refractivity contribution is 6.32. The molecule has 11 heteroatoms. The van der Waals surface area contributed by atoms with Gasteiger partial charge in [0.1, 0.15) is 16.9 Å². The zero-order valence-electron chi connectivity index (χ0n) is 22.7. The summed E-state index contributed by atoms with van der Waals surface area (Å²) in [4.78, 5) is 36.1. The van der Waals surface area contributed by atoms with Crippen LogP contribution < -0.4 is 4.90 Å². The lowest BCUT2D eigenvalue weighted by molar-refractivity contribution is 0.0240. The SMILES string of the molecule is CN(C)/C=C/C(=O)c1cc(Cl)cc2c1nc(N1CCN(C(=O)OC(C)(C)C)CC1)n2Cc1ccc(F)c(Cl)c1. The number of nitrogens with zero attached hydrogens (tertiary/aromatic N) is 5. The van der Waals surface area contributed by atoms with Gasteiger partial charge in [0, 0.05) is 57.6 Å². The maximum atomic E-state index is 13.9. The number of hydrogen-bond acceptors (Lipinski definition) is 6. The minimum atomic E-state index is -0.581. The van der Waals surface area contributed by atoms with E-state index < -0.39 is 11.4 Å². The summed E-state index contributed by atoms with van der Waals surface area (Å²) in [5.74, 6) is -0.118. The highest BCUT2D eigenvalue weighted by Crippen LogP contribution is 2.31. The predicted molar refractivity (Wildman–Crippen MR) is 152 cm³/mol. The summed E-state index contributed by atoms with van der Waals surface area (Å²) in [7, 11) is 3.66. The Hall–Kier alpha value is -3.30. The van der Waals surface area contributed by atoms with Crippen molar-refractivity contribution < 1.29 is 18.7 Å². The fraction of sp³-hybridized carbons (Fsp3) is 0.393. The van der Waals surface area contributed by atoms with Gasteiger partial charge in [-0.3, -0.25) is 4.79 Å². The van der Waals surface area contributed by atoms with Crippen LogP contribution in [-0.4, -0.2) is 77.1 Å². The zero-order valence-corrected chi connectivity index (χ0v) is 24.2. The van der Waals surface area contributed by atoms with Gasteiger partial charge in [-0.25, -0.2) is 14.2 Å². The number of carbonyl (C=O) groups excluding carboxylic acids is 2. The van der Waals surface area contributed by atoms with Crippen LogP contribution in [0.4, 0.5) is 15.1 Å². The monoisotopic (exact) mass is 575 g/mol. The van der Waals surface area contributed by atoms with E-state index in [1.54, 1.807) is 40.3 Å². The Morgan fingerprint density at radius 1 is 1.10 bits per heavy atom. The number of hydrogen-bond donors (Lipinski definition) is 0. The van der Waals surface area contributed by atoms with E-state index >= 15 is 0 Å². The number of aromatic nitrogens is 2. The number of amides is 1. The first-order chi connectivity index (χ1) is 18.3. The standard InChI is InChI=1S/C28H32Cl2FN5O3/c1-28(2,3)39-27(38)35-12-10-34(11-13-35)26-32-25-20(24(37)8-9-33(4)5)15-19(29)16-23(25)36(26)17-18-6-7-22(31)21(30)14-18/h6-9,14-16H,10-13,17H2,1-5H3/b9-8+. The lowest BCUT2D eigenvalue weighted by Gasteiger charge is -2.36. The molecule has 1 fully saturated rings. The normalized spacial score (nSPS) is 14.4. The van der Waals surface area contributed by atoms with Crippen LogP contribution in [0.15, 0.2) is 42.6 Å². The molecule has 0 atom stereocenters. The van der Waals surface area contributed by atoms with Gasteiger partial charge in [-0.15, -0.1) is 0 Å². The average molecular weight is 577 g/mol. The lowest BCUT2D eigenvalue weighted by Crippen LogP contribution is -2.50. The number of piperazine rings is 1. The molecular formula is C28H32Cl2FN5O3. The first kappa shape index (κ1) is 28.7. The van der Waals surface area contributed by atoms with Gasteiger partial charge in [0.2, 0.25) is 5.95 Å². The number of rotatable bonds is 6. The number of imidazole rings is 1. The van der Waals surface area contributed by atoms with Crippen molar-refractivity contribution in [1.29, 1.82) is 0 Å². The molecule has 39 heavy (non-hydrogen) atoms.